The summed E-state index contributed by atoms with van der Waals surface area (Å²) in [6.45, 7) is 10.1. The summed E-state index contributed by atoms with van der Waals surface area (Å²) in [5.74, 6) is 0.624. The molecule has 0 fully saturated rings. The molecule has 0 saturated carbocycles. The molecule has 4 nitrogen and oxygen atoms in total. The molecule has 0 radical (unpaired) electrons. The molecule has 5 heteroatoms. The largest absolute Gasteiger partial charge is 0.304 e. The number of nitrogens with zero attached hydrogens (tertiary/aromatic N) is 1. The molecule has 1 atom stereocenters. The standard InChI is InChI=1S/C20H43NO3S/c1-4-7-8-9-10-11-15-20(16-12-13-19-25(22,23)24)17-14-18-21(5-2)6-3/h20H,4-19H2,1-3H3,(H,22,23,24). The molecule has 152 valence electrons. The van der Waals surface area contributed by atoms with Gasteiger partial charge >= 0.3 is 0 Å². The van der Waals surface area contributed by atoms with Gasteiger partial charge in [-0.3, -0.25) is 4.55 Å². The predicted molar refractivity (Wildman–Crippen MR) is 109 cm³/mol. The van der Waals surface area contributed by atoms with E-state index in [4.69, 9.17) is 4.55 Å². The Balaban J connectivity index is 4.07. The fraction of sp³-hybridized carbons (Fsp3) is 1.00. The van der Waals surface area contributed by atoms with Crippen LogP contribution in [0.3, 0.4) is 0 Å². The smallest absolute Gasteiger partial charge is 0.264 e. The Labute approximate surface area is 157 Å². The van der Waals surface area contributed by atoms with Gasteiger partial charge in [0.15, 0.2) is 0 Å². The van der Waals surface area contributed by atoms with E-state index in [1.807, 2.05) is 0 Å². The quantitative estimate of drug-likeness (QED) is 0.252. The summed E-state index contributed by atoms with van der Waals surface area (Å²) in [5, 5.41) is 0. The summed E-state index contributed by atoms with van der Waals surface area (Å²) in [6, 6.07) is 0. The van der Waals surface area contributed by atoms with Crippen LogP contribution >= 0.6 is 0 Å². The van der Waals surface area contributed by atoms with Crippen LogP contribution < -0.4 is 0 Å². The first-order valence-corrected chi connectivity index (χ1v) is 12.2. The Morgan fingerprint density at radius 2 is 1.28 bits per heavy atom. The van der Waals surface area contributed by atoms with Crippen molar-refractivity contribution in [2.75, 3.05) is 25.4 Å². The summed E-state index contributed by atoms with van der Waals surface area (Å²) >= 11 is 0. The van der Waals surface area contributed by atoms with Gasteiger partial charge in [0.1, 0.15) is 0 Å². The zero-order valence-electron chi connectivity index (χ0n) is 17.0. The van der Waals surface area contributed by atoms with Gasteiger partial charge < -0.3 is 4.90 Å². The van der Waals surface area contributed by atoms with Crippen LogP contribution in [0.4, 0.5) is 0 Å². The van der Waals surface area contributed by atoms with Gasteiger partial charge in [-0.15, -0.1) is 0 Å². The molecule has 1 N–H and O–H groups in total. The van der Waals surface area contributed by atoms with Gasteiger partial charge in [0.25, 0.3) is 10.1 Å². The number of unbranched alkanes of at least 4 members (excludes halogenated alkanes) is 6. The van der Waals surface area contributed by atoms with Crippen molar-refractivity contribution in [1.29, 1.82) is 0 Å². The molecule has 0 rings (SSSR count). The van der Waals surface area contributed by atoms with Gasteiger partial charge in [-0.1, -0.05) is 78.6 Å². The van der Waals surface area contributed by atoms with Gasteiger partial charge in [-0.2, -0.15) is 8.42 Å². The summed E-state index contributed by atoms with van der Waals surface area (Å²) in [4.78, 5) is 2.47. The molecule has 0 amide bonds. The number of hydrogen-bond acceptors (Lipinski definition) is 3. The predicted octanol–water partition coefficient (Wildman–Crippen LogP) is 5.53. The molecule has 0 spiro atoms. The van der Waals surface area contributed by atoms with Crippen LogP contribution in [0.5, 0.6) is 0 Å². The second-order valence-electron chi connectivity index (χ2n) is 7.37. The lowest BCUT2D eigenvalue weighted by atomic mass is 9.91. The van der Waals surface area contributed by atoms with Crippen molar-refractivity contribution >= 4 is 10.1 Å². The third-order valence-corrected chi connectivity index (χ3v) is 6.02. The zero-order chi connectivity index (χ0) is 19.0. The molecule has 0 aromatic heterocycles. The van der Waals surface area contributed by atoms with Gasteiger partial charge in [-0.05, 0) is 44.8 Å². The highest BCUT2D eigenvalue weighted by atomic mass is 32.2. The highest BCUT2D eigenvalue weighted by Crippen LogP contribution is 2.23. The van der Waals surface area contributed by atoms with Crippen molar-refractivity contribution in [2.45, 2.75) is 97.8 Å². The third-order valence-electron chi connectivity index (χ3n) is 5.21. The minimum atomic E-state index is -3.79. The Morgan fingerprint density at radius 3 is 1.84 bits per heavy atom. The average molecular weight is 378 g/mol. The summed E-state index contributed by atoms with van der Waals surface area (Å²) in [7, 11) is -3.79. The zero-order valence-corrected chi connectivity index (χ0v) is 17.8. The van der Waals surface area contributed by atoms with Crippen LogP contribution in [-0.4, -0.2) is 43.3 Å². The van der Waals surface area contributed by atoms with Gasteiger partial charge in [0.2, 0.25) is 0 Å². The molecular formula is C20H43NO3S. The van der Waals surface area contributed by atoms with E-state index in [-0.39, 0.29) is 5.75 Å². The lowest BCUT2D eigenvalue weighted by Crippen LogP contribution is -2.24. The van der Waals surface area contributed by atoms with Crippen LogP contribution in [0, 0.1) is 5.92 Å². The molecular weight excluding hydrogens is 334 g/mol. The first-order chi connectivity index (χ1) is 11.9. The van der Waals surface area contributed by atoms with Crippen molar-refractivity contribution in [3.63, 3.8) is 0 Å². The molecule has 1 unspecified atom stereocenters. The normalized spacial score (nSPS) is 13.5. The Hall–Kier alpha value is -0.130. The maximum absolute atomic E-state index is 10.8. The van der Waals surface area contributed by atoms with Crippen LogP contribution in [-0.2, 0) is 10.1 Å². The van der Waals surface area contributed by atoms with E-state index in [1.165, 1.54) is 64.3 Å². The molecule has 0 aromatic rings. The van der Waals surface area contributed by atoms with Gasteiger partial charge in [0, 0.05) is 0 Å². The van der Waals surface area contributed by atoms with E-state index >= 15 is 0 Å². The maximum Gasteiger partial charge on any atom is 0.264 e. The van der Waals surface area contributed by atoms with Crippen molar-refractivity contribution in [1.82, 2.24) is 4.90 Å². The monoisotopic (exact) mass is 377 g/mol. The van der Waals surface area contributed by atoms with Crippen LogP contribution in [0.25, 0.3) is 0 Å². The maximum atomic E-state index is 10.8. The average Bonchev–Trinajstić information content (AvgIpc) is 2.57. The Bertz CT molecular complexity index is 380. The second-order valence-corrected chi connectivity index (χ2v) is 8.95. The highest BCUT2D eigenvalue weighted by Gasteiger charge is 2.11. The van der Waals surface area contributed by atoms with E-state index in [0.29, 0.717) is 12.3 Å². The van der Waals surface area contributed by atoms with Crippen molar-refractivity contribution in [3.05, 3.63) is 0 Å². The number of rotatable bonds is 18. The first-order valence-electron chi connectivity index (χ1n) is 10.6. The third kappa shape index (κ3) is 17.1. The van der Waals surface area contributed by atoms with E-state index in [9.17, 15) is 8.42 Å². The summed E-state index contributed by atoms with van der Waals surface area (Å²) < 4.78 is 30.5. The SMILES string of the molecule is CCCCCCCCC(CCCCS(=O)(=O)O)CCCN(CC)CC. The van der Waals surface area contributed by atoms with E-state index in [2.05, 4.69) is 25.7 Å². The fourth-order valence-corrected chi connectivity index (χ4v) is 4.08. The van der Waals surface area contributed by atoms with Crippen molar-refractivity contribution in [2.24, 2.45) is 5.92 Å². The highest BCUT2D eigenvalue weighted by molar-refractivity contribution is 7.85. The van der Waals surface area contributed by atoms with Crippen molar-refractivity contribution < 1.29 is 13.0 Å². The molecule has 0 aliphatic carbocycles. The van der Waals surface area contributed by atoms with Gasteiger partial charge in [0.05, 0.1) is 5.75 Å². The molecule has 0 bridgehead atoms. The van der Waals surface area contributed by atoms with Crippen LogP contribution in [0.2, 0.25) is 0 Å². The topological polar surface area (TPSA) is 57.6 Å². The molecule has 0 aromatic carbocycles. The lowest BCUT2D eigenvalue weighted by Gasteiger charge is -2.21. The first kappa shape index (κ1) is 24.9. The Kier molecular flexibility index (Phi) is 16.0. The lowest BCUT2D eigenvalue weighted by molar-refractivity contribution is 0.277. The Morgan fingerprint density at radius 1 is 0.760 bits per heavy atom. The van der Waals surface area contributed by atoms with Crippen LogP contribution in [0.1, 0.15) is 97.8 Å². The van der Waals surface area contributed by atoms with E-state index < -0.39 is 10.1 Å². The minimum Gasteiger partial charge on any atom is -0.304 e. The molecule has 0 aliphatic rings. The van der Waals surface area contributed by atoms with Crippen molar-refractivity contribution in [3.8, 4) is 0 Å². The second kappa shape index (κ2) is 16.1. The summed E-state index contributed by atoms with van der Waals surface area (Å²) in [5.41, 5.74) is 0. The fourth-order valence-electron chi connectivity index (χ4n) is 3.51. The molecule has 0 heterocycles. The summed E-state index contributed by atoms with van der Waals surface area (Å²) in [6.07, 6.45) is 14.3. The van der Waals surface area contributed by atoms with E-state index in [1.54, 1.807) is 0 Å². The molecule has 25 heavy (non-hydrogen) atoms. The molecule has 0 aliphatic heterocycles. The number of hydrogen-bond donors (Lipinski definition) is 1. The molecule has 0 saturated heterocycles. The van der Waals surface area contributed by atoms with E-state index in [0.717, 1.165) is 25.9 Å². The van der Waals surface area contributed by atoms with Gasteiger partial charge in [-0.25, -0.2) is 0 Å². The van der Waals surface area contributed by atoms with Crippen LogP contribution in [0.15, 0.2) is 0 Å². The minimum absolute atomic E-state index is 0.0871.